The van der Waals surface area contributed by atoms with Crippen molar-refractivity contribution in [2.24, 2.45) is 0 Å². The molecule has 4 heterocycles. The molecule has 1 saturated heterocycles. The molecule has 0 amide bonds. The summed E-state index contributed by atoms with van der Waals surface area (Å²) in [6, 6.07) is 3.19. The zero-order valence-corrected chi connectivity index (χ0v) is 22.6. The van der Waals surface area contributed by atoms with Gasteiger partial charge in [-0.25, -0.2) is 4.98 Å². The molecule has 5 nitrogen and oxygen atoms in total. The molecule has 3 aromatic rings. The van der Waals surface area contributed by atoms with E-state index in [1.54, 1.807) is 11.3 Å². The van der Waals surface area contributed by atoms with Crippen LogP contribution in [0.4, 0.5) is 0 Å². The minimum Gasteiger partial charge on any atom is -0.379 e. The van der Waals surface area contributed by atoms with Crippen molar-refractivity contribution in [3.8, 4) is 10.4 Å². The summed E-state index contributed by atoms with van der Waals surface area (Å²) in [6.07, 6.45) is 11.7. The van der Waals surface area contributed by atoms with Crippen LogP contribution >= 0.6 is 11.3 Å². The second-order valence-corrected chi connectivity index (χ2v) is 17.4. The summed E-state index contributed by atoms with van der Waals surface area (Å²) in [5.74, 6) is 0.615. The predicted molar refractivity (Wildman–Crippen MR) is 141 cm³/mol. The molecular formula is C26H38N4OSSi. The van der Waals surface area contributed by atoms with E-state index in [9.17, 15) is 0 Å². The van der Waals surface area contributed by atoms with Crippen LogP contribution < -0.4 is 0 Å². The first kappa shape index (κ1) is 23.2. The van der Waals surface area contributed by atoms with Gasteiger partial charge in [-0.1, -0.05) is 33.9 Å². The molecule has 1 aliphatic heterocycles. The highest BCUT2D eigenvalue weighted by molar-refractivity contribution is 7.13. The van der Waals surface area contributed by atoms with Gasteiger partial charge in [0, 0.05) is 48.7 Å². The van der Waals surface area contributed by atoms with Gasteiger partial charge in [0.2, 0.25) is 0 Å². The lowest BCUT2D eigenvalue weighted by Crippen LogP contribution is -2.45. The van der Waals surface area contributed by atoms with E-state index in [1.165, 1.54) is 47.1 Å². The smallest absolute Gasteiger partial charge is 0.163 e. The average molecular weight is 483 g/mol. The normalized spacial score (nSPS) is 23.3. The number of fused-ring (bicyclic) bond motifs is 1. The number of pyridine rings is 1. The summed E-state index contributed by atoms with van der Waals surface area (Å²) in [6.45, 7) is 16.0. The number of morpholine rings is 1. The molecule has 1 saturated carbocycles. The molecule has 2 fully saturated rings. The highest BCUT2D eigenvalue weighted by Crippen LogP contribution is 2.43. The van der Waals surface area contributed by atoms with Gasteiger partial charge in [-0.05, 0) is 48.3 Å². The standard InChI is InChI=1S/C26H38N4OSSi/c1-26(2,3)33(4,5)30-17-23(24-16-27-18-32-24)22-14-20(15-28-25(22)30)19-6-8-21(9-7-19)29-10-12-31-13-11-29/h14-19,21H,6-13H2,1-5H3/t19-,21-. The first-order valence-electron chi connectivity index (χ1n) is 12.5. The van der Waals surface area contributed by atoms with E-state index in [2.05, 4.69) is 66.4 Å². The van der Waals surface area contributed by atoms with Gasteiger partial charge in [0.1, 0.15) is 5.65 Å². The highest BCUT2D eigenvalue weighted by atomic mass is 32.1. The van der Waals surface area contributed by atoms with Crippen LogP contribution in [-0.4, -0.2) is 59.7 Å². The lowest BCUT2D eigenvalue weighted by atomic mass is 9.81. The molecule has 178 valence electrons. The third kappa shape index (κ3) is 4.33. The van der Waals surface area contributed by atoms with Crippen molar-refractivity contribution in [1.29, 1.82) is 0 Å². The molecule has 0 atom stereocenters. The maximum Gasteiger partial charge on any atom is 0.163 e. The molecule has 0 radical (unpaired) electrons. The summed E-state index contributed by atoms with van der Waals surface area (Å²) in [5, 5.41) is 1.54. The van der Waals surface area contributed by atoms with Crippen LogP contribution in [-0.2, 0) is 4.74 Å². The fourth-order valence-corrected chi connectivity index (χ4v) is 7.93. The zero-order chi connectivity index (χ0) is 23.2. The van der Waals surface area contributed by atoms with Gasteiger partial charge in [-0.2, -0.15) is 0 Å². The quantitative estimate of drug-likeness (QED) is 0.405. The Labute approximate surface area is 203 Å². The lowest BCUT2D eigenvalue weighted by Gasteiger charge is -2.39. The van der Waals surface area contributed by atoms with E-state index in [0.29, 0.717) is 5.92 Å². The van der Waals surface area contributed by atoms with Crippen molar-refractivity contribution < 1.29 is 4.74 Å². The molecule has 0 N–H and O–H groups in total. The summed E-state index contributed by atoms with van der Waals surface area (Å²) in [7, 11) is -1.80. The largest absolute Gasteiger partial charge is 0.379 e. The first-order valence-corrected chi connectivity index (χ1v) is 16.3. The van der Waals surface area contributed by atoms with Crippen LogP contribution in [0.5, 0.6) is 0 Å². The van der Waals surface area contributed by atoms with E-state index in [0.717, 1.165) is 38.0 Å². The number of nitrogens with zero attached hydrogens (tertiary/aromatic N) is 4. The van der Waals surface area contributed by atoms with Gasteiger partial charge in [0.15, 0.2) is 8.24 Å². The molecule has 0 aromatic carbocycles. The molecule has 0 unspecified atom stereocenters. The minimum atomic E-state index is -1.80. The second-order valence-electron chi connectivity index (χ2n) is 11.4. The Kier molecular flexibility index (Phi) is 6.27. The third-order valence-electron chi connectivity index (χ3n) is 8.53. The number of hydrogen-bond acceptors (Lipinski definition) is 5. The lowest BCUT2D eigenvalue weighted by molar-refractivity contribution is 0.00729. The number of thiazole rings is 1. The predicted octanol–water partition coefficient (Wildman–Crippen LogP) is 6.37. The Morgan fingerprint density at radius 2 is 1.79 bits per heavy atom. The summed E-state index contributed by atoms with van der Waals surface area (Å²) < 4.78 is 8.10. The van der Waals surface area contributed by atoms with E-state index in [-0.39, 0.29) is 5.04 Å². The fourth-order valence-electron chi connectivity index (χ4n) is 5.40. The van der Waals surface area contributed by atoms with Crippen molar-refractivity contribution in [3.05, 3.63) is 35.7 Å². The van der Waals surface area contributed by atoms with Gasteiger partial charge in [-0.15, -0.1) is 11.3 Å². The van der Waals surface area contributed by atoms with E-state index in [4.69, 9.17) is 9.72 Å². The Morgan fingerprint density at radius 1 is 1.06 bits per heavy atom. The van der Waals surface area contributed by atoms with Gasteiger partial charge in [0.25, 0.3) is 0 Å². The number of rotatable bonds is 4. The molecule has 1 aliphatic carbocycles. The monoisotopic (exact) mass is 482 g/mol. The Bertz CT molecular complexity index is 1090. The van der Waals surface area contributed by atoms with Gasteiger partial charge in [0.05, 0.1) is 23.6 Å². The molecule has 3 aromatic heterocycles. The van der Waals surface area contributed by atoms with Gasteiger partial charge in [-0.3, -0.25) is 9.88 Å². The Balaban J connectivity index is 1.47. The number of ether oxygens (including phenoxy) is 1. The second kappa shape index (κ2) is 8.91. The van der Waals surface area contributed by atoms with Gasteiger partial charge < -0.3 is 8.97 Å². The maximum atomic E-state index is 5.56. The molecule has 33 heavy (non-hydrogen) atoms. The highest BCUT2D eigenvalue weighted by Gasteiger charge is 2.39. The SMILES string of the molecule is CC(C)(C)[Si](C)(C)n1cc(-c2cncs2)c2cc([C@H]3CC[C@H](N4CCOCC4)CC3)cnc21. The van der Waals surface area contributed by atoms with Crippen LogP contribution in [0.1, 0.15) is 57.9 Å². The van der Waals surface area contributed by atoms with Crippen LogP contribution in [0.25, 0.3) is 21.5 Å². The number of hydrogen-bond donors (Lipinski definition) is 0. The van der Waals surface area contributed by atoms with Crippen LogP contribution in [0.15, 0.2) is 30.2 Å². The maximum absolute atomic E-state index is 5.56. The minimum absolute atomic E-state index is 0.238. The van der Waals surface area contributed by atoms with E-state index < -0.39 is 8.24 Å². The van der Waals surface area contributed by atoms with Crippen LogP contribution in [0.2, 0.25) is 18.1 Å². The van der Waals surface area contributed by atoms with E-state index >= 15 is 0 Å². The fraction of sp³-hybridized carbons (Fsp3) is 0.615. The molecule has 7 heteroatoms. The summed E-state index contributed by atoms with van der Waals surface area (Å²) in [4.78, 5) is 13.4. The van der Waals surface area contributed by atoms with E-state index in [1.807, 2.05) is 11.7 Å². The Hall–Kier alpha value is -1.54. The summed E-state index contributed by atoms with van der Waals surface area (Å²) >= 11 is 1.73. The summed E-state index contributed by atoms with van der Waals surface area (Å²) in [5.41, 5.74) is 5.81. The number of aromatic nitrogens is 3. The first-order chi connectivity index (χ1) is 15.8. The van der Waals surface area contributed by atoms with Crippen molar-refractivity contribution in [2.75, 3.05) is 26.3 Å². The zero-order valence-electron chi connectivity index (χ0n) is 20.8. The van der Waals surface area contributed by atoms with Crippen molar-refractivity contribution >= 4 is 30.6 Å². The van der Waals surface area contributed by atoms with Crippen LogP contribution in [0, 0.1) is 0 Å². The topological polar surface area (TPSA) is 43.2 Å². The van der Waals surface area contributed by atoms with Crippen molar-refractivity contribution in [2.45, 2.75) is 76.5 Å². The molecule has 2 aliphatic rings. The van der Waals surface area contributed by atoms with Crippen molar-refractivity contribution in [1.82, 2.24) is 19.1 Å². The molecule has 0 spiro atoms. The van der Waals surface area contributed by atoms with Crippen molar-refractivity contribution in [3.63, 3.8) is 0 Å². The van der Waals surface area contributed by atoms with Crippen LogP contribution in [0.3, 0.4) is 0 Å². The Morgan fingerprint density at radius 3 is 2.42 bits per heavy atom. The molecule has 0 bridgehead atoms. The average Bonchev–Trinajstić information content (AvgIpc) is 3.47. The molecular weight excluding hydrogens is 444 g/mol. The van der Waals surface area contributed by atoms with Gasteiger partial charge >= 0.3 is 0 Å². The third-order valence-corrected chi connectivity index (χ3v) is 14.6. The molecule has 5 rings (SSSR count).